The first-order valence-electron chi connectivity index (χ1n) is 8.91. The Morgan fingerprint density at radius 3 is 2.50 bits per heavy atom. The molecule has 0 saturated carbocycles. The van der Waals surface area contributed by atoms with E-state index in [0.717, 1.165) is 22.6 Å². The molecule has 4 rings (SSSR count). The van der Waals surface area contributed by atoms with Gasteiger partial charge in [0.05, 0.1) is 23.1 Å². The predicted octanol–water partition coefficient (Wildman–Crippen LogP) is 4.50. The molecule has 0 radical (unpaired) electrons. The lowest BCUT2D eigenvalue weighted by atomic mass is 10.2. The number of ether oxygens (including phenoxy) is 1. The van der Waals surface area contributed by atoms with Crippen molar-refractivity contribution in [3.63, 3.8) is 0 Å². The third-order valence-corrected chi connectivity index (χ3v) is 4.30. The Hall–Kier alpha value is -3.67. The van der Waals surface area contributed by atoms with Crippen molar-refractivity contribution in [3.05, 3.63) is 89.7 Å². The zero-order chi connectivity index (χ0) is 19.5. The minimum absolute atomic E-state index is 0.0229. The molecule has 2 aromatic heterocycles. The topological polar surface area (TPSA) is 70.2 Å². The number of esters is 1. The number of nitrogens with zero attached hydrogens (tertiary/aromatic N) is 3. The van der Waals surface area contributed by atoms with Gasteiger partial charge in [0.25, 0.3) is 0 Å². The van der Waals surface area contributed by atoms with Crippen LogP contribution >= 0.6 is 0 Å². The molecule has 0 amide bonds. The standard InChI is InChI=1S/C22H19N3O3/c1-15-12-16(2)25(24-15)19-10-8-18(9-11-19)22(26)27-14-21-23-13-20(28-21)17-6-4-3-5-7-17/h3-13H,14H2,1-2H3. The molecule has 0 aliphatic rings. The number of benzene rings is 2. The molecule has 6 heteroatoms. The molecule has 0 fully saturated rings. The SMILES string of the molecule is Cc1cc(C)n(-c2ccc(C(=O)OCc3ncc(-c4ccccc4)o3)cc2)n1. The highest BCUT2D eigenvalue weighted by atomic mass is 16.5. The summed E-state index contributed by atoms with van der Waals surface area (Å²) in [6, 6.07) is 18.8. The number of rotatable bonds is 5. The smallest absolute Gasteiger partial charge is 0.338 e. The summed E-state index contributed by atoms with van der Waals surface area (Å²) in [4.78, 5) is 16.5. The van der Waals surface area contributed by atoms with E-state index in [2.05, 4.69) is 10.1 Å². The van der Waals surface area contributed by atoms with Crippen LogP contribution in [0.5, 0.6) is 0 Å². The van der Waals surface area contributed by atoms with Gasteiger partial charge in [-0.15, -0.1) is 0 Å². The van der Waals surface area contributed by atoms with Gasteiger partial charge in [0.15, 0.2) is 12.4 Å². The molecule has 2 heterocycles. The predicted molar refractivity (Wildman–Crippen MR) is 104 cm³/mol. The first-order chi connectivity index (χ1) is 13.6. The minimum Gasteiger partial charge on any atom is -0.452 e. The van der Waals surface area contributed by atoms with Gasteiger partial charge in [0.2, 0.25) is 5.89 Å². The minimum atomic E-state index is -0.431. The van der Waals surface area contributed by atoms with Gasteiger partial charge in [0.1, 0.15) is 0 Å². The molecule has 0 spiro atoms. The summed E-state index contributed by atoms with van der Waals surface area (Å²) in [6.45, 7) is 3.91. The fourth-order valence-electron chi connectivity index (χ4n) is 2.95. The fourth-order valence-corrected chi connectivity index (χ4v) is 2.95. The summed E-state index contributed by atoms with van der Waals surface area (Å²) in [5, 5.41) is 4.44. The van der Waals surface area contributed by atoms with Crippen molar-refractivity contribution < 1.29 is 13.9 Å². The molecule has 0 aliphatic heterocycles. The quantitative estimate of drug-likeness (QED) is 0.482. The van der Waals surface area contributed by atoms with Crippen LogP contribution in [-0.2, 0) is 11.3 Å². The zero-order valence-electron chi connectivity index (χ0n) is 15.6. The first-order valence-corrected chi connectivity index (χ1v) is 8.91. The summed E-state index contributed by atoms with van der Waals surface area (Å²) >= 11 is 0. The normalized spacial score (nSPS) is 10.8. The van der Waals surface area contributed by atoms with Crippen molar-refractivity contribution in [1.29, 1.82) is 0 Å². The Kier molecular flexibility index (Phi) is 4.76. The van der Waals surface area contributed by atoms with E-state index in [-0.39, 0.29) is 6.61 Å². The summed E-state index contributed by atoms with van der Waals surface area (Å²) < 4.78 is 12.8. The summed E-state index contributed by atoms with van der Waals surface area (Å²) in [5.74, 6) is 0.562. The molecular formula is C22H19N3O3. The molecule has 6 nitrogen and oxygen atoms in total. The first kappa shape index (κ1) is 17.7. The summed E-state index contributed by atoms with van der Waals surface area (Å²) in [7, 11) is 0. The van der Waals surface area contributed by atoms with Gasteiger partial charge >= 0.3 is 5.97 Å². The number of carbonyl (C=O) groups excluding carboxylic acids is 1. The van der Waals surface area contributed by atoms with Gasteiger partial charge in [-0.2, -0.15) is 5.10 Å². The third-order valence-electron chi connectivity index (χ3n) is 4.30. The van der Waals surface area contributed by atoms with E-state index in [9.17, 15) is 4.79 Å². The highest BCUT2D eigenvalue weighted by Gasteiger charge is 2.12. The van der Waals surface area contributed by atoms with Crippen LogP contribution in [0.4, 0.5) is 0 Å². The Bertz CT molecular complexity index is 1100. The highest BCUT2D eigenvalue weighted by Crippen LogP contribution is 2.20. The van der Waals surface area contributed by atoms with E-state index < -0.39 is 5.97 Å². The highest BCUT2D eigenvalue weighted by molar-refractivity contribution is 5.89. The number of hydrogen-bond acceptors (Lipinski definition) is 5. The number of aromatic nitrogens is 3. The largest absolute Gasteiger partial charge is 0.452 e. The molecule has 28 heavy (non-hydrogen) atoms. The van der Waals surface area contributed by atoms with Crippen LogP contribution in [0.15, 0.2) is 71.3 Å². The Balaban J connectivity index is 1.40. The van der Waals surface area contributed by atoms with Crippen molar-refractivity contribution in [2.75, 3.05) is 0 Å². The maximum Gasteiger partial charge on any atom is 0.338 e. The monoisotopic (exact) mass is 373 g/mol. The molecule has 0 saturated heterocycles. The lowest BCUT2D eigenvalue weighted by Gasteiger charge is -2.06. The lowest BCUT2D eigenvalue weighted by Crippen LogP contribution is -2.06. The second-order valence-corrected chi connectivity index (χ2v) is 6.45. The Morgan fingerprint density at radius 1 is 1.07 bits per heavy atom. The molecule has 0 atom stereocenters. The van der Waals surface area contributed by atoms with Crippen LogP contribution in [0.25, 0.3) is 17.0 Å². The molecule has 140 valence electrons. The maximum absolute atomic E-state index is 12.3. The molecule has 4 aromatic rings. The van der Waals surface area contributed by atoms with Crippen LogP contribution in [-0.4, -0.2) is 20.7 Å². The number of carbonyl (C=O) groups is 1. The van der Waals surface area contributed by atoms with E-state index in [1.807, 2.05) is 67.1 Å². The zero-order valence-corrected chi connectivity index (χ0v) is 15.6. The molecular weight excluding hydrogens is 354 g/mol. The molecule has 0 bridgehead atoms. The Morgan fingerprint density at radius 2 is 1.82 bits per heavy atom. The van der Waals surface area contributed by atoms with Crippen LogP contribution in [0.2, 0.25) is 0 Å². The van der Waals surface area contributed by atoms with Crippen molar-refractivity contribution >= 4 is 5.97 Å². The van der Waals surface area contributed by atoms with E-state index in [0.29, 0.717) is 17.2 Å². The second kappa shape index (κ2) is 7.52. The average Bonchev–Trinajstić information content (AvgIpc) is 3.33. The Labute approximate surface area is 162 Å². The van der Waals surface area contributed by atoms with Crippen molar-refractivity contribution in [3.8, 4) is 17.0 Å². The maximum atomic E-state index is 12.3. The molecule has 0 N–H and O–H groups in total. The third kappa shape index (κ3) is 3.71. The van der Waals surface area contributed by atoms with Crippen LogP contribution in [0.3, 0.4) is 0 Å². The van der Waals surface area contributed by atoms with Crippen molar-refractivity contribution in [1.82, 2.24) is 14.8 Å². The van der Waals surface area contributed by atoms with E-state index in [4.69, 9.17) is 9.15 Å². The van der Waals surface area contributed by atoms with E-state index in [1.54, 1.807) is 18.3 Å². The molecule has 2 aromatic carbocycles. The van der Waals surface area contributed by atoms with Crippen LogP contribution < -0.4 is 0 Å². The second-order valence-electron chi connectivity index (χ2n) is 6.45. The van der Waals surface area contributed by atoms with Crippen LogP contribution in [0, 0.1) is 13.8 Å². The van der Waals surface area contributed by atoms with Gasteiger partial charge in [0, 0.05) is 11.3 Å². The van der Waals surface area contributed by atoms with Gasteiger partial charge in [-0.25, -0.2) is 14.5 Å². The number of aryl methyl sites for hydroxylation is 2. The summed E-state index contributed by atoms with van der Waals surface area (Å²) in [5.41, 5.74) is 4.25. The number of hydrogen-bond donors (Lipinski definition) is 0. The average molecular weight is 373 g/mol. The van der Waals surface area contributed by atoms with Crippen LogP contribution in [0.1, 0.15) is 27.6 Å². The van der Waals surface area contributed by atoms with Gasteiger partial charge in [-0.1, -0.05) is 30.3 Å². The van der Waals surface area contributed by atoms with Crippen molar-refractivity contribution in [2.24, 2.45) is 0 Å². The van der Waals surface area contributed by atoms with Crippen molar-refractivity contribution in [2.45, 2.75) is 20.5 Å². The number of oxazole rings is 1. The summed E-state index contributed by atoms with van der Waals surface area (Å²) in [6.07, 6.45) is 1.63. The van der Waals surface area contributed by atoms with Gasteiger partial charge in [-0.05, 0) is 44.2 Å². The van der Waals surface area contributed by atoms with Gasteiger partial charge in [-0.3, -0.25) is 0 Å². The van der Waals surface area contributed by atoms with Gasteiger partial charge < -0.3 is 9.15 Å². The van der Waals surface area contributed by atoms with E-state index >= 15 is 0 Å². The molecule has 0 unspecified atom stereocenters. The molecule has 0 aliphatic carbocycles. The lowest BCUT2D eigenvalue weighted by molar-refractivity contribution is 0.0439. The van der Waals surface area contributed by atoms with E-state index in [1.165, 1.54) is 0 Å². The fraction of sp³-hybridized carbons (Fsp3) is 0.136.